The maximum absolute atomic E-state index is 12.7. The van der Waals surface area contributed by atoms with E-state index >= 15 is 0 Å². The second-order valence-corrected chi connectivity index (χ2v) is 6.52. The van der Waals surface area contributed by atoms with Crippen molar-refractivity contribution >= 4 is 17.8 Å². The maximum atomic E-state index is 12.7. The van der Waals surface area contributed by atoms with Gasteiger partial charge in [-0.1, -0.05) is 30.3 Å². The van der Waals surface area contributed by atoms with Crippen molar-refractivity contribution in [1.82, 2.24) is 4.90 Å². The number of piperidine rings is 1. The summed E-state index contributed by atoms with van der Waals surface area (Å²) in [6.45, 7) is 1.79. The van der Waals surface area contributed by atoms with Crippen LogP contribution in [0.25, 0.3) is 0 Å². The summed E-state index contributed by atoms with van der Waals surface area (Å²) in [5.74, 6) is -0.438. The number of rotatable bonds is 4. The lowest BCUT2D eigenvalue weighted by atomic mass is 9.95. The number of nitrogens with one attached hydrogen (secondary N) is 1. The van der Waals surface area contributed by atoms with Crippen LogP contribution in [0, 0.1) is 5.92 Å². The van der Waals surface area contributed by atoms with Gasteiger partial charge in [0.15, 0.2) is 6.04 Å². The Hall–Kier alpha value is -2.21. The first-order chi connectivity index (χ1) is 11.6. The number of benzene rings is 1. The van der Waals surface area contributed by atoms with Crippen molar-refractivity contribution in [3.8, 4) is 0 Å². The van der Waals surface area contributed by atoms with Crippen LogP contribution in [0.15, 0.2) is 30.3 Å². The highest BCUT2D eigenvalue weighted by Gasteiger charge is 2.46. The molecule has 2 aliphatic rings. The highest BCUT2D eigenvalue weighted by atomic mass is 16.5. The molecule has 2 fully saturated rings. The molecule has 1 atom stereocenters. The summed E-state index contributed by atoms with van der Waals surface area (Å²) in [7, 11) is 1.40. The van der Waals surface area contributed by atoms with E-state index in [9.17, 15) is 14.4 Å². The summed E-state index contributed by atoms with van der Waals surface area (Å²) in [6, 6.07) is 9.25. The topological polar surface area (TPSA) is 68.1 Å². The van der Waals surface area contributed by atoms with Gasteiger partial charge in [-0.05, 0) is 5.56 Å². The highest BCUT2D eigenvalue weighted by molar-refractivity contribution is 6.04. The fraction of sp³-hybridized carbons (Fsp3) is 0.500. The number of imide groups is 1. The van der Waals surface area contributed by atoms with Gasteiger partial charge < -0.3 is 9.64 Å². The molecule has 0 bridgehead atoms. The number of ether oxygens (including phenoxy) is 1. The molecule has 0 saturated carbocycles. The Kier molecular flexibility index (Phi) is 4.94. The monoisotopic (exact) mass is 331 g/mol. The molecule has 0 aliphatic carbocycles. The third kappa shape index (κ3) is 3.33. The van der Waals surface area contributed by atoms with E-state index in [1.54, 1.807) is 0 Å². The van der Waals surface area contributed by atoms with Gasteiger partial charge in [0.2, 0.25) is 5.91 Å². The van der Waals surface area contributed by atoms with Crippen LogP contribution < -0.4 is 4.90 Å². The van der Waals surface area contributed by atoms with Crippen LogP contribution >= 0.6 is 0 Å². The molecule has 0 radical (unpaired) electrons. The van der Waals surface area contributed by atoms with Crippen LogP contribution in [0.5, 0.6) is 0 Å². The number of hydrogen-bond donors (Lipinski definition) is 1. The van der Waals surface area contributed by atoms with E-state index in [0.717, 1.165) is 23.6 Å². The Balaban J connectivity index is 1.61. The van der Waals surface area contributed by atoms with Crippen LogP contribution in [0.2, 0.25) is 0 Å². The number of carbonyl (C=O) groups excluding carboxylic acids is 3. The van der Waals surface area contributed by atoms with Crippen LogP contribution in [0.3, 0.4) is 0 Å². The van der Waals surface area contributed by atoms with Crippen molar-refractivity contribution in [2.24, 2.45) is 5.92 Å². The number of amides is 2. The molecule has 3 rings (SSSR count). The first-order valence-corrected chi connectivity index (χ1v) is 8.40. The lowest BCUT2D eigenvalue weighted by Crippen LogP contribution is -3.17. The zero-order valence-corrected chi connectivity index (χ0v) is 13.9. The second-order valence-electron chi connectivity index (χ2n) is 6.52. The van der Waals surface area contributed by atoms with E-state index < -0.39 is 0 Å². The van der Waals surface area contributed by atoms with E-state index in [4.69, 9.17) is 4.74 Å². The SMILES string of the molecule is COC(=O)C1CC[NH+]([C@@H]2CC(=O)N(Cc3ccccc3)C2=O)CC1. The minimum absolute atomic E-state index is 0.0774. The predicted octanol–water partition coefficient (Wildman–Crippen LogP) is -0.218. The summed E-state index contributed by atoms with van der Waals surface area (Å²) < 4.78 is 4.79. The highest BCUT2D eigenvalue weighted by Crippen LogP contribution is 2.17. The molecule has 128 valence electrons. The fourth-order valence-corrected chi connectivity index (χ4v) is 3.67. The number of carbonyl (C=O) groups is 3. The Morgan fingerprint density at radius 2 is 1.88 bits per heavy atom. The first kappa shape index (κ1) is 16.6. The van der Waals surface area contributed by atoms with Gasteiger partial charge in [-0.3, -0.25) is 19.3 Å². The molecule has 2 heterocycles. The van der Waals surface area contributed by atoms with E-state index in [2.05, 4.69) is 0 Å². The van der Waals surface area contributed by atoms with Crippen molar-refractivity contribution in [2.45, 2.75) is 31.8 Å². The molecule has 1 N–H and O–H groups in total. The molecule has 2 saturated heterocycles. The number of hydrogen-bond acceptors (Lipinski definition) is 4. The maximum Gasteiger partial charge on any atom is 0.309 e. The van der Waals surface area contributed by atoms with E-state index in [0.29, 0.717) is 19.4 Å². The Morgan fingerprint density at radius 3 is 2.50 bits per heavy atom. The molecule has 0 aromatic heterocycles. The fourth-order valence-electron chi connectivity index (χ4n) is 3.67. The molecule has 24 heavy (non-hydrogen) atoms. The molecule has 6 heteroatoms. The zero-order chi connectivity index (χ0) is 17.1. The number of esters is 1. The Bertz CT molecular complexity index is 623. The molecule has 2 amide bonds. The summed E-state index contributed by atoms with van der Waals surface area (Å²) in [4.78, 5) is 39.1. The van der Waals surface area contributed by atoms with Gasteiger partial charge in [-0.2, -0.15) is 0 Å². The minimum Gasteiger partial charge on any atom is -0.469 e. The minimum atomic E-state index is -0.306. The standard InChI is InChI=1S/C18H22N2O4/c1-24-18(23)14-7-9-19(10-8-14)15-11-16(21)20(17(15)22)12-13-5-3-2-4-6-13/h2-6,14-15H,7-12H2,1H3/p+1/t15-/m1/s1. The number of methoxy groups -OCH3 is 1. The Labute approximate surface area is 141 Å². The van der Waals surface area contributed by atoms with Crippen LogP contribution in [-0.2, 0) is 25.7 Å². The zero-order valence-electron chi connectivity index (χ0n) is 13.9. The predicted molar refractivity (Wildman–Crippen MR) is 85.8 cm³/mol. The quantitative estimate of drug-likeness (QED) is 0.612. The average Bonchev–Trinajstić information content (AvgIpc) is 2.90. The van der Waals surface area contributed by atoms with E-state index in [1.165, 1.54) is 12.0 Å². The van der Waals surface area contributed by atoms with E-state index in [-0.39, 0.29) is 36.2 Å². The summed E-state index contributed by atoms with van der Waals surface area (Å²) in [5, 5.41) is 0. The van der Waals surface area contributed by atoms with Crippen LogP contribution in [0.4, 0.5) is 0 Å². The lowest BCUT2D eigenvalue weighted by Gasteiger charge is -2.30. The molecular weight excluding hydrogens is 308 g/mol. The Morgan fingerprint density at radius 1 is 1.21 bits per heavy atom. The molecule has 0 unspecified atom stereocenters. The van der Waals surface area contributed by atoms with Crippen molar-refractivity contribution in [1.29, 1.82) is 0 Å². The lowest BCUT2D eigenvalue weighted by molar-refractivity contribution is -0.920. The third-order valence-corrected chi connectivity index (χ3v) is 5.08. The van der Waals surface area contributed by atoms with Crippen molar-refractivity contribution in [2.75, 3.05) is 20.2 Å². The first-order valence-electron chi connectivity index (χ1n) is 8.40. The van der Waals surface area contributed by atoms with Crippen molar-refractivity contribution in [3.63, 3.8) is 0 Å². The second kappa shape index (κ2) is 7.13. The third-order valence-electron chi connectivity index (χ3n) is 5.08. The summed E-state index contributed by atoms with van der Waals surface area (Å²) in [5.41, 5.74) is 0.958. The van der Waals surface area contributed by atoms with Gasteiger partial charge in [-0.15, -0.1) is 0 Å². The number of quaternary nitrogens is 1. The van der Waals surface area contributed by atoms with Gasteiger partial charge in [0, 0.05) is 12.8 Å². The normalized spacial score (nSPS) is 27.4. The molecule has 0 spiro atoms. The van der Waals surface area contributed by atoms with Crippen molar-refractivity contribution < 1.29 is 24.0 Å². The van der Waals surface area contributed by atoms with Crippen LogP contribution in [-0.4, -0.2) is 48.9 Å². The molecule has 1 aromatic rings. The molecule has 6 nitrogen and oxygen atoms in total. The van der Waals surface area contributed by atoms with Gasteiger partial charge in [-0.25, -0.2) is 0 Å². The van der Waals surface area contributed by atoms with Gasteiger partial charge in [0.1, 0.15) is 0 Å². The smallest absolute Gasteiger partial charge is 0.309 e. The number of likely N-dealkylation sites (tertiary alicyclic amines) is 2. The number of nitrogens with zero attached hydrogens (tertiary/aromatic N) is 1. The van der Waals surface area contributed by atoms with Gasteiger partial charge in [0.25, 0.3) is 5.91 Å². The largest absolute Gasteiger partial charge is 0.469 e. The summed E-state index contributed by atoms with van der Waals surface area (Å²) >= 11 is 0. The van der Waals surface area contributed by atoms with Crippen LogP contribution in [0.1, 0.15) is 24.8 Å². The average molecular weight is 331 g/mol. The summed E-state index contributed by atoms with van der Waals surface area (Å²) in [6.07, 6.45) is 1.68. The molecule has 2 aliphatic heterocycles. The van der Waals surface area contributed by atoms with Gasteiger partial charge >= 0.3 is 5.97 Å². The van der Waals surface area contributed by atoms with Gasteiger partial charge in [0.05, 0.1) is 39.1 Å². The molecule has 1 aromatic carbocycles. The van der Waals surface area contributed by atoms with E-state index in [1.807, 2.05) is 30.3 Å². The van der Waals surface area contributed by atoms with Crippen molar-refractivity contribution in [3.05, 3.63) is 35.9 Å². The molecular formula is C18H23N2O4+.